The van der Waals surface area contributed by atoms with Gasteiger partial charge >= 0.3 is 0 Å². The molecule has 0 bridgehead atoms. The predicted octanol–water partition coefficient (Wildman–Crippen LogP) is 0.780. The maximum absolute atomic E-state index is 11.4. The summed E-state index contributed by atoms with van der Waals surface area (Å²) in [6.07, 6.45) is 2.44. The van der Waals surface area contributed by atoms with Gasteiger partial charge in [0, 0.05) is 18.5 Å². The first-order valence-electron chi connectivity index (χ1n) is 5.68. The molecular weight excluding hydrogens is 192 g/mol. The molecule has 0 saturated heterocycles. The van der Waals surface area contributed by atoms with Crippen molar-refractivity contribution in [3.8, 4) is 0 Å². The molecule has 0 spiro atoms. The summed E-state index contributed by atoms with van der Waals surface area (Å²) in [6.45, 7) is 5.65. The lowest BCUT2D eigenvalue weighted by Gasteiger charge is -2.17. The van der Waals surface area contributed by atoms with Crippen molar-refractivity contribution >= 4 is 5.91 Å². The molecule has 0 aromatic rings. The molecule has 0 aliphatic rings. The SMILES string of the molecule is CCCC(N)CC(=O)NC(C)CC(C)O. The summed E-state index contributed by atoms with van der Waals surface area (Å²) in [5.74, 6) is -0.0240. The van der Waals surface area contributed by atoms with Crippen molar-refractivity contribution in [2.75, 3.05) is 0 Å². The van der Waals surface area contributed by atoms with Gasteiger partial charge in [0.15, 0.2) is 0 Å². The van der Waals surface area contributed by atoms with Crippen LogP contribution in [0.4, 0.5) is 0 Å². The van der Waals surface area contributed by atoms with Crippen LogP contribution in [-0.2, 0) is 4.79 Å². The molecule has 0 aromatic heterocycles. The lowest BCUT2D eigenvalue weighted by molar-refractivity contribution is -0.122. The summed E-state index contributed by atoms with van der Waals surface area (Å²) in [7, 11) is 0. The van der Waals surface area contributed by atoms with E-state index in [9.17, 15) is 4.79 Å². The first-order chi connectivity index (χ1) is 6.95. The number of hydrogen-bond acceptors (Lipinski definition) is 3. The van der Waals surface area contributed by atoms with Gasteiger partial charge in [-0.1, -0.05) is 13.3 Å². The summed E-state index contributed by atoms with van der Waals surface area (Å²) in [4.78, 5) is 11.4. The third-order valence-electron chi connectivity index (χ3n) is 2.21. The van der Waals surface area contributed by atoms with Crippen LogP contribution in [0.1, 0.15) is 46.5 Å². The van der Waals surface area contributed by atoms with E-state index in [1.165, 1.54) is 0 Å². The van der Waals surface area contributed by atoms with Crippen LogP contribution in [0.5, 0.6) is 0 Å². The van der Waals surface area contributed by atoms with Gasteiger partial charge in [-0.05, 0) is 26.7 Å². The van der Waals surface area contributed by atoms with Crippen LogP contribution in [0.15, 0.2) is 0 Å². The van der Waals surface area contributed by atoms with Gasteiger partial charge in [0.1, 0.15) is 0 Å². The highest BCUT2D eigenvalue weighted by Crippen LogP contribution is 2.01. The second kappa shape index (κ2) is 7.65. The van der Waals surface area contributed by atoms with E-state index in [1.807, 2.05) is 13.8 Å². The Bertz CT molecular complexity index is 183. The van der Waals surface area contributed by atoms with Crippen molar-refractivity contribution in [3.05, 3.63) is 0 Å². The van der Waals surface area contributed by atoms with Crippen LogP contribution in [0.3, 0.4) is 0 Å². The monoisotopic (exact) mass is 216 g/mol. The van der Waals surface area contributed by atoms with Gasteiger partial charge in [-0.25, -0.2) is 0 Å². The van der Waals surface area contributed by atoms with Crippen molar-refractivity contribution in [3.63, 3.8) is 0 Å². The summed E-state index contributed by atoms with van der Waals surface area (Å²) in [6, 6.07) is -0.0416. The van der Waals surface area contributed by atoms with Crippen LogP contribution < -0.4 is 11.1 Å². The molecule has 0 rings (SSSR count). The first-order valence-corrected chi connectivity index (χ1v) is 5.68. The van der Waals surface area contributed by atoms with Crippen molar-refractivity contribution < 1.29 is 9.90 Å². The molecule has 90 valence electrons. The zero-order chi connectivity index (χ0) is 11.8. The summed E-state index contributed by atoms with van der Waals surface area (Å²) in [5, 5.41) is 11.9. The van der Waals surface area contributed by atoms with Crippen molar-refractivity contribution in [2.45, 2.75) is 64.6 Å². The molecule has 4 heteroatoms. The van der Waals surface area contributed by atoms with Crippen LogP contribution >= 0.6 is 0 Å². The molecule has 4 N–H and O–H groups in total. The highest BCUT2D eigenvalue weighted by Gasteiger charge is 2.12. The van der Waals surface area contributed by atoms with E-state index in [0.29, 0.717) is 12.8 Å². The minimum absolute atomic E-state index is 0.00586. The Labute approximate surface area is 92.2 Å². The van der Waals surface area contributed by atoms with E-state index >= 15 is 0 Å². The quantitative estimate of drug-likeness (QED) is 0.588. The topological polar surface area (TPSA) is 75.4 Å². The second-order valence-corrected chi connectivity index (χ2v) is 4.31. The number of aliphatic hydroxyl groups excluding tert-OH is 1. The third-order valence-corrected chi connectivity index (χ3v) is 2.21. The molecule has 0 aliphatic heterocycles. The zero-order valence-electron chi connectivity index (χ0n) is 9.99. The third kappa shape index (κ3) is 8.39. The standard InChI is InChI=1S/C11H24N2O2/c1-4-5-10(12)7-11(15)13-8(2)6-9(3)14/h8-10,14H,4-7,12H2,1-3H3,(H,13,15). The van der Waals surface area contributed by atoms with E-state index in [-0.39, 0.29) is 24.1 Å². The van der Waals surface area contributed by atoms with Crippen LogP contribution in [0.2, 0.25) is 0 Å². The van der Waals surface area contributed by atoms with E-state index in [2.05, 4.69) is 5.32 Å². The van der Waals surface area contributed by atoms with Gasteiger partial charge in [0.25, 0.3) is 0 Å². The number of aliphatic hydroxyl groups is 1. The van der Waals surface area contributed by atoms with E-state index < -0.39 is 0 Å². The smallest absolute Gasteiger partial charge is 0.221 e. The summed E-state index contributed by atoms with van der Waals surface area (Å²) < 4.78 is 0. The van der Waals surface area contributed by atoms with Gasteiger partial charge in [-0.15, -0.1) is 0 Å². The van der Waals surface area contributed by atoms with E-state index in [0.717, 1.165) is 12.8 Å². The Balaban J connectivity index is 3.72. The minimum Gasteiger partial charge on any atom is -0.393 e. The molecule has 0 aromatic carbocycles. The number of amides is 1. The van der Waals surface area contributed by atoms with Crippen LogP contribution in [-0.4, -0.2) is 29.2 Å². The molecule has 0 radical (unpaired) electrons. The lowest BCUT2D eigenvalue weighted by atomic mass is 10.1. The molecule has 0 aliphatic carbocycles. The minimum atomic E-state index is -0.385. The molecule has 0 saturated carbocycles. The molecule has 3 atom stereocenters. The summed E-state index contributed by atoms with van der Waals surface area (Å²) in [5.41, 5.74) is 5.75. The number of carbonyl (C=O) groups is 1. The van der Waals surface area contributed by atoms with E-state index in [1.54, 1.807) is 6.92 Å². The predicted molar refractivity (Wildman–Crippen MR) is 61.4 cm³/mol. The summed E-state index contributed by atoms with van der Waals surface area (Å²) >= 11 is 0. The molecule has 4 nitrogen and oxygen atoms in total. The van der Waals surface area contributed by atoms with Gasteiger partial charge in [0.2, 0.25) is 5.91 Å². The Morgan fingerprint density at radius 2 is 2.07 bits per heavy atom. The maximum Gasteiger partial charge on any atom is 0.221 e. The fourth-order valence-corrected chi connectivity index (χ4v) is 1.62. The van der Waals surface area contributed by atoms with Gasteiger partial charge < -0.3 is 16.2 Å². The molecule has 1 amide bonds. The largest absolute Gasteiger partial charge is 0.393 e. The molecule has 3 unspecified atom stereocenters. The number of nitrogens with two attached hydrogens (primary N) is 1. The van der Waals surface area contributed by atoms with Crippen molar-refractivity contribution in [1.29, 1.82) is 0 Å². The first kappa shape index (κ1) is 14.4. The average molecular weight is 216 g/mol. The fraction of sp³-hybridized carbons (Fsp3) is 0.909. The van der Waals surface area contributed by atoms with Crippen LogP contribution in [0.25, 0.3) is 0 Å². The second-order valence-electron chi connectivity index (χ2n) is 4.31. The molecule has 0 fully saturated rings. The molecular formula is C11H24N2O2. The molecule has 15 heavy (non-hydrogen) atoms. The highest BCUT2D eigenvalue weighted by atomic mass is 16.3. The van der Waals surface area contributed by atoms with Gasteiger partial charge in [-0.2, -0.15) is 0 Å². The molecule has 0 heterocycles. The number of rotatable bonds is 7. The number of nitrogens with one attached hydrogen (secondary N) is 1. The zero-order valence-corrected chi connectivity index (χ0v) is 9.99. The highest BCUT2D eigenvalue weighted by molar-refractivity contribution is 5.76. The number of carbonyl (C=O) groups excluding carboxylic acids is 1. The normalized spacial score (nSPS) is 16.9. The Morgan fingerprint density at radius 3 is 2.53 bits per heavy atom. The van der Waals surface area contributed by atoms with Crippen molar-refractivity contribution in [1.82, 2.24) is 5.32 Å². The fourth-order valence-electron chi connectivity index (χ4n) is 1.62. The van der Waals surface area contributed by atoms with E-state index in [4.69, 9.17) is 10.8 Å². The Hall–Kier alpha value is -0.610. The Kier molecular flexibility index (Phi) is 7.34. The van der Waals surface area contributed by atoms with Gasteiger partial charge in [-0.3, -0.25) is 4.79 Å². The van der Waals surface area contributed by atoms with Gasteiger partial charge in [0.05, 0.1) is 6.10 Å². The maximum atomic E-state index is 11.4. The van der Waals surface area contributed by atoms with Crippen molar-refractivity contribution in [2.24, 2.45) is 5.73 Å². The number of hydrogen-bond donors (Lipinski definition) is 3. The lowest BCUT2D eigenvalue weighted by Crippen LogP contribution is -2.38. The van der Waals surface area contributed by atoms with Crippen LogP contribution in [0, 0.1) is 0 Å². The average Bonchev–Trinajstić information content (AvgIpc) is 2.00. The Morgan fingerprint density at radius 1 is 1.47 bits per heavy atom.